The van der Waals surface area contributed by atoms with E-state index in [9.17, 15) is 14.4 Å². The van der Waals surface area contributed by atoms with Crippen molar-refractivity contribution in [1.29, 1.82) is 0 Å². The summed E-state index contributed by atoms with van der Waals surface area (Å²) < 4.78 is 5.09. The molecule has 7 nitrogen and oxygen atoms in total. The molecule has 1 aliphatic rings. The van der Waals surface area contributed by atoms with Crippen molar-refractivity contribution >= 4 is 17.7 Å². The van der Waals surface area contributed by atoms with Crippen LogP contribution in [0.15, 0.2) is 24.3 Å². The number of nitrogens with zero attached hydrogens (tertiary/aromatic N) is 1. The first-order chi connectivity index (χ1) is 12.0. The summed E-state index contributed by atoms with van der Waals surface area (Å²) in [7, 11) is 1.59. The Morgan fingerprint density at radius 2 is 1.96 bits per heavy atom. The van der Waals surface area contributed by atoms with Gasteiger partial charge >= 0.3 is 11.8 Å². The van der Waals surface area contributed by atoms with E-state index in [0.29, 0.717) is 25.9 Å². The molecule has 1 fully saturated rings. The van der Waals surface area contributed by atoms with Gasteiger partial charge in [0.25, 0.3) is 0 Å². The Hall–Kier alpha value is -2.57. The molecule has 7 heteroatoms. The van der Waals surface area contributed by atoms with Crippen LogP contribution in [-0.2, 0) is 14.4 Å². The first kappa shape index (κ1) is 18.8. The van der Waals surface area contributed by atoms with Crippen molar-refractivity contribution in [3.63, 3.8) is 0 Å². The lowest BCUT2D eigenvalue weighted by atomic mass is 10.1. The Kier molecular flexibility index (Phi) is 6.80. The monoisotopic (exact) mass is 347 g/mol. The van der Waals surface area contributed by atoms with Gasteiger partial charge in [-0.25, -0.2) is 0 Å². The summed E-state index contributed by atoms with van der Waals surface area (Å²) in [5.41, 5.74) is 0.884. The highest BCUT2D eigenvalue weighted by Gasteiger charge is 2.20. The number of likely N-dealkylation sites (tertiary alicyclic amines) is 1. The summed E-state index contributed by atoms with van der Waals surface area (Å²) >= 11 is 0. The van der Waals surface area contributed by atoms with E-state index in [1.165, 1.54) is 0 Å². The van der Waals surface area contributed by atoms with Crippen molar-refractivity contribution in [2.45, 2.75) is 32.2 Å². The number of hydrogen-bond donors (Lipinski definition) is 2. The molecule has 1 aliphatic heterocycles. The van der Waals surface area contributed by atoms with Gasteiger partial charge in [-0.1, -0.05) is 12.1 Å². The number of rotatable bonds is 7. The van der Waals surface area contributed by atoms with E-state index in [0.717, 1.165) is 24.3 Å². The van der Waals surface area contributed by atoms with Gasteiger partial charge in [0.2, 0.25) is 5.91 Å². The molecule has 1 heterocycles. The molecular formula is C18H25N3O4. The SMILES string of the molecule is COc1ccc(C(C)NC(=O)C(=O)NCCCN2CCCC2=O)cc1. The van der Waals surface area contributed by atoms with Crippen LogP contribution in [0.25, 0.3) is 0 Å². The number of ether oxygens (including phenoxy) is 1. The summed E-state index contributed by atoms with van der Waals surface area (Å²) in [6, 6.07) is 7.00. The zero-order valence-electron chi connectivity index (χ0n) is 14.7. The van der Waals surface area contributed by atoms with Crippen LogP contribution < -0.4 is 15.4 Å². The summed E-state index contributed by atoms with van der Waals surface area (Å²) in [4.78, 5) is 37.1. The fraction of sp³-hybridized carbons (Fsp3) is 0.500. The third kappa shape index (κ3) is 5.48. The number of carbonyl (C=O) groups is 3. The number of methoxy groups -OCH3 is 1. The molecule has 1 unspecified atom stereocenters. The second-order valence-corrected chi connectivity index (χ2v) is 6.06. The van der Waals surface area contributed by atoms with Gasteiger partial charge in [-0.05, 0) is 37.5 Å². The zero-order valence-corrected chi connectivity index (χ0v) is 14.7. The Balaban J connectivity index is 1.70. The largest absolute Gasteiger partial charge is 0.497 e. The van der Waals surface area contributed by atoms with E-state index in [1.54, 1.807) is 24.1 Å². The van der Waals surface area contributed by atoms with Crippen LogP contribution in [0, 0.1) is 0 Å². The minimum Gasteiger partial charge on any atom is -0.497 e. The molecule has 0 aliphatic carbocycles. The van der Waals surface area contributed by atoms with Gasteiger partial charge in [-0.15, -0.1) is 0 Å². The predicted octanol–water partition coefficient (Wildman–Crippen LogP) is 1.00. The molecule has 136 valence electrons. The predicted molar refractivity (Wildman–Crippen MR) is 93.0 cm³/mol. The van der Waals surface area contributed by atoms with Crippen LogP contribution in [0.3, 0.4) is 0 Å². The van der Waals surface area contributed by atoms with Gasteiger partial charge in [0.05, 0.1) is 13.2 Å². The molecule has 1 atom stereocenters. The fourth-order valence-corrected chi connectivity index (χ4v) is 2.73. The molecule has 0 bridgehead atoms. The van der Waals surface area contributed by atoms with Crippen LogP contribution in [0.5, 0.6) is 5.75 Å². The van der Waals surface area contributed by atoms with Crippen molar-refractivity contribution in [2.75, 3.05) is 26.7 Å². The fourth-order valence-electron chi connectivity index (χ4n) is 2.73. The second-order valence-electron chi connectivity index (χ2n) is 6.06. The van der Waals surface area contributed by atoms with Crippen molar-refractivity contribution in [3.05, 3.63) is 29.8 Å². The standard InChI is InChI=1S/C18H25N3O4/c1-13(14-6-8-15(25-2)9-7-14)20-18(24)17(23)19-10-4-12-21-11-3-5-16(21)22/h6-9,13H,3-5,10-12H2,1-2H3,(H,19,23)(H,20,24). The average Bonchev–Trinajstić information content (AvgIpc) is 3.03. The van der Waals surface area contributed by atoms with Gasteiger partial charge in [0.15, 0.2) is 0 Å². The quantitative estimate of drug-likeness (QED) is 0.569. The molecule has 0 radical (unpaired) electrons. The highest BCUT2D eigenvalue weighted by molar-refractivity contribution is 6.35. The van der Waals surface area contributed by atoms with Crippen molar-refractivity contribution in [2.24, 2.45) is 0 Å². The number of nitrogens with one attached hydrogen (secondary N) is 2. The first-order valence-corrected chi connectivity index (χ1v) is 8.51. The van der Waals surface area contributed by atoms with Crippen LogP contribution >= 0.6 is 0 Å². The number of amides is 3. The van der Waals surface area contributed by atoms with E-state index in [1.807, 2.05) is 19.1 Å². The summed E-state index contributed by atoms with van der Waals surface area (Å²) in [6.45, 7) is 3.58. The Bertz CT molecular complexity index is 615. The van der Waals surface area contributed by atoms with Gasteiger partial charge in [0, 0.05) is 26.1 Å². The lowest BCUT2D eigenvalue weighted by molar-refractivity contribution is -0.139. The minimum atomic E-state index is -0.666. The zero-order chi connectivity index (χ0) is 18.2. The lowest BCUT2D eigenvalue weighted by Gasteiger charge is -2.16. The van der Waals surface area contributed by atoms with Gasteiger partial charge in [0.1, 0.15) is 5.75 Å². The van der Waals surface area contributed by atoms with Gasteiger partial charge < -0.3 is 20.3 Å². The Morgan fingerprint density at radius 3 is 2.56 bits per heavy atom. The highest BCUT2D eigenvalue weighted by atomic mass is 16.5. The smallest absolute Gasteiger partial charge is 0.309 e. The topological polar surface area (TPSA) is 87.7 Å². The first-order valence-electron chi connectivity index (χ1n) is 8.51. The maximum absolute atomic E-state index is 11.9. The number of hydrogen-bond acceptors (Lipinski definition) is 4. The molecule has 25 heavy (non-hydrogen) atoms. The molecule has 3 amide bonds. The summed E-state index contributed by atoms with van der Waals surface area (Å²) in [5, 5.41) is 5.25. The van der Waals surface area contributed by atoms with Crippen molar-refractivity contribution < 1.29 is 19.1 Å². The molecule has 0 spiro atoms. The van der Waals surface area contributed by atoms with Crippen molar-refractivity contribution in [1.82, 2.24) is 15.5 Å². The third-order valence-electron chi connectivity index (χ3n) is 4.23. The molecule has 2 rings (SSSR count). The number of carbonyl (C=O) groups excluding carboxylic acids is 3. The minimum absolute atomic E-state index is 0.164. The molecule has 0 aromatic heterocycles. The van der Waals surface area contributed by atoms with E-state index >= 15 is 0 Å². The van der Waals surface area contributed by atoms with Crippen LogP contribution in [0.4, 0.5) is 0 Å². The molecule has 1 aromatic rings. The van der Waals surface area contributed by atoms with E-state index in [4.69, 9.17) is 4.74 Å². The van der Waals surface area contributed by atoms with Gasteiger partial charge in [-0.3, -0.25) is 14.4 Å². The summed E-state index contributed by atoms with van der Waals surface area (Å²) in [6.07, 6.45) is 2.15. The molecular weight excluding hydrogens is 322 g/mol. The number of benzene rings is 1. The molecule has 1 aromatic carbocycles. The average molecular weight is 347 g/mol. The Morgan fingerprint density at radius 1 is 1.24 bits per heavy atom. The van der Waals surface area contributed by atoms with Crippen LogP contribution in [0.1, 0.15) is 37.8 Å². The normalized spacial score (nSPS) is 15.0. The molecule has 1 saturated heterocycles. The van der Waals surface area contributed by atoms with E-state index in [2.05, 4.69) is 10.6 Å². The Labute approximate surface area is 147 Å². The van der Waals surface area contributed by atoms with Crippen molar-refractivity contribution in [3.8, 4) is 5.75 Å². The summed E-state index contributed by atoms with van der Waals surface area (Å²) in [5.74, 6) is -0.428. The maximum atomic E-state index is 11.9. The maximum Gasteiger partial charge on any atom is 0.309 e. The molecule has 2 N–H and O–H groups in total. The van der Waals surface area contributed by atoms with E-state index < -0.39 is 11.8 Å². The lowest BCUT2D eigenvalue weighted by Crippen LogP contribution is -2.41. The van der Waals surface area contributed by atoms with E-state index in [-0.39, 0.29) is 11.9 Å². The van der Waals surface area contributed by atoms with Crippen LogP contribution in [0.2, 0.25) is 0 Å². The highest BCUT2D eigenvalue weighted by Crippen LogP contribution is 2.17. The van der Waals surface area contributed by atoms with Crippen LogP contribution in [-0.4, -0.2) is 49.4 Å². The third-order valence-corrected chi connectivity index (χ3v) is 4.23. The second kappa shape index (κ2) is 9.05. The van der Waals surface area contributed by atoms with Gasteiger partial charge in [-0.2, -0.15) is 0 Å². The molecule has 0 saturated carbocycles.